The number of benzene rings is 1. The van der Waals surface area contributed by atoms with Crippen molar-refractivity contribution in [1.29, 1.82) is 0 Å². The van der Waals surface area contributed by atoms with Gasteiger partial charge in [0.15, 0.2) is 5.60 Å². The summed E-state index contributed by atoms with van der Waals surface area (Å²) < 4.78 is 5.94. The molecule has 0 atom stereocenters. The quantitative estimate of drug-likeness (QED) is 0.832. The first-order valence-corrected chi connectivity index (χ1v) is 9.31. The molecule has 0 N–H and O–H groups in total. The first-order chi connectivity index (χ1) is 11.5. The maximum atomic E-state index is 12.9. The van der Waals surface area contributed by atoms with Crippen LogP contribution in [-0.2, 0) is 4.79 Å². The zero-order chi connectivity index (χ0) is 17.2. The fraction of sp³-hybridized carbons (Fsp3) is 0.632. The van der Waals surface area contributed by atoms with Crippen molar-refractivity contribution in [3.8, 4) is 5.75 Å². The van der Waals surface area contributed by atoms with E-state index in [-0.39, 0.29) is 5.91 Å². The average Bonchev–Trinajstić information content (AvgIpc) is 3.11. The minimum atomic E-state index is -0.872. The molecule has 132 valence electrons. The molecule has 1 aromatic rings. The van der Waals surface area contributed by atoms with Gasteiger partial charge in [0.25, 0.3) is 5.91 Å². The third kappa shape index (κ3) is 4.04. The highest BCUT2D eigenvalue weighted by Gasteiger charge is 2.36. The SMILES string of the molecule is CC(C)(Oc1ccc(Cl)cc1)C(=O)N1CCN(C2CCCC2)CC1. The molecule has 4 nitrogen and oxygen atoms in total. The standard InChI is InChI=1S/C19H27ClN2O2/c1-19(2,24-17-9-7-15(20)8-10-17)18(23)22-13-11-21(12-14-22)16-5-3-4-6-16/h7-10,16H,3-6,11-14H2,1-2H3. The van der Waals surface area contributed by atoms with Crippen molar-refractivity contribution in [3.05, 3.63) is 29.3 Å². The van der Waals surface area contributed by atoms with Gasteiger partial charge in [-0.2, -0.15) is 0 Å². The van der Waals surface area contributed by atoms with E-state index in [1.165, 1.54) is 25.7 Å². The molecular formula is C19H27ClN2O2. The second kappa shape index (κ2) is 7.32. The Balaban J connectivity index is 1.56. The second-order valence-corrected chi connectivity index (χ2v) is 7.77. The van der Waals surface area contributed by atoms with Crippen molar-refractivity contribution in [3.63, 3.8) is 0 Å². The van der Waals surface area contributed by atoms with E-state index < -0.39 is 5.60 Å². The number of ether oxygens (including phenoxy) is 1. The van der Waals surface area contributed by atoms with Crippen LogP contribution in [0.5, 0.6) is 5.75 Å². The minimum Gasteiger partial charge on any atom is -0.478 e. The third-order valence-electron chi connectivity index (χ3n) is 5.14. The van der Waals surface area contributed by atoms with Crippen molar-refractivity contribution < 1.29 is 9.53 Å². The molecule has 2 fully saturated rings. The molecule has 1 saturated heterocycles. The summed E-state index contributed by atoms with van der Waals surface area (Å²) in [5, 5.41) is 0.662. The zero-order valence-electron chi connectivity index (χ0n) is 14.6. The number of nitrogens with zero attached hydrogens (tertiary/aromatic N) is 2. The van der Waals surface area contributed by atoms with Crippen molar-refractivity contribution in [2.75, 3.05) is 26.2 Å². The van der Waals surface area contributed by atoms with E-state index in [0.717, 1.165) is 32.2 Å². The van der Waals surface area contributed by atoms with Crippen LogP contribution in [0.25, 0.3) is 0 Å². The van der Waals surface area contributed by atoms with Crippen LogP contribution >= 0.6 is 11.6 Å². The Morgan fingerprint density at radius 3 is 2.25 bits per heavy atom. The smallest absolute Gasteiger partial charge is 0.266 e. The van der Waals surface area contributed by atoms with Crippen LogP contribution in [0.15, 0.2) is 24.3 Å². The van der Waals surface area contributed by atoms with Gasteiger partial charge in [0.2, 0.25) is 0 Å². The predicted molar refractivity (Wildman–Crippen MR) is 96.6 cm³/mol. The highest BCUT2D eigenvalue weighted by atomic mass is 35.5. The maximum Gasteiger partial charge on any atom is 0.266 e. The van der Waals surface area contributed by atoms with Gasteiger partial charge in [-0.1, -0.05) is 24.4 Å². The zero-order valence-corrected chi connectivity index (χ0v) is 15.4. The van der Waals surface area contributed by atoms with Crippen molar-refractivity contribution in [1.82, 2.24) is 9.80 Å². The Kier molecular flexibility index (Phi) is 5.36. The van der Waals surface area contributed by atoms with Gasteiger partial charge in [-0.05, 0) is 51.0 Å². The number of carbonyl (C=O) groups excluding carboxylic acids is 1. The number of hydrogen-bond donors (Lipinski definition) is 0. The largest absolute Gasteiger partial charge is 0.478 e. The molecular weight excluding hydrogens is 324 g/mol. The summed E-state index contributed by atoms with van der Waals surface area (Å²) in [6.07, 6.45) is 5.34. The molecule has 0 bridgehead atoms. The summed E-state index contributed by atoms with van der Waals surface area (Å²) in [6.45, 7) is 7.23. The van der Waals surface area contributed by atoms with Crippen LogP contribution in [0.2, 0.25) is 5.02 Å². The number of carbonyl (C=O) groups is 1. The van der Waals surface area contributed by atoms with Gasteiger partial charge in [0.05, 0.1) is 0 Å². The maximum absolute atomic E-state index is 12.9. The Bertz CT molecular complexity index is 559. The van der Waals surface area contributed by atoms with Crippen molar-refractivity contribution >= 4 is 17.5 Å². The lowest BCUT2D eigenvalue weighted by atomic mass is 10.1. The van der Waals surface area contributed by atoms with E-state index >= 15 is 0 Å². The van der Waals surface area contributed by atoms with Gasteiger partial charge < -0.3 is 9.64 Å². The number of amides is 1. The van der Waals surface area contributed by atoms with Gasteiger partial charge >= 0.3 is 0 Å². The molecule has 2 aliphatic rings. The highest BCUT2D eigenvalue weighted by molar-refractivity contribution is 6.30. The second-order valence-electron chi connectivity index (χ2n) is 7.33. The van der Waals surface area contributed by atoms with Crippen LogP contribution in [0.1, 0.15) is 39.5 Å². The molecule has 1 heterocycles. The fourth-order valence-corrected chi connectivity index (χ4v) is 3.91. The van der Waals surface area contributed by atoms with E-state index in [1.807, 2.05) is 18.7 Å². The average molecular weight is 351 g/mol. The van der Waals surface area contributed by atoms with Crippen molar-refractivity contribution in [2.45, 2.75) is 51.2 Å². The van der Waals surface area contributed by atoms with Gasteiger partial charge in [0.1, 0.15) is 5.75 Å². The Hall–Kier alpha value is -1.26. The number of piperazine rings is 1. The van der Waals surface area contributed by atoms with Crippen LogP contribution in [-0.4, -0.2) is 53.5 Å². The summed E-state index contributed by atoms with van der Waals surface area (Å²) in [7, 11) is 0. The van der Waals surface area contributed by atoms with Crippen LogP contribution in [0.3, 0.4) is 0 Å². The lowest BCUT2D eigenvalue weighted by Crippen LogP contribution is -2.57. The van der Waals surface area contributed by atoms with Crippen molar-refractivity contribution in [2.24, 2.45) is 0 Å². The number of halogens is 1. The van der Waals surface area contributed by atoms with Gasteiger partial charge in [0, 0.05) is 37.2 Å². The summed E-state index contributed by atoms with van der Waals surface area (Å²) in [6, 6.07) is 7.89. The third-order valence-corrected chi connectivity index (χ3v) is 5.40. The normalized spacial score (nSPS) is 20.4. The Labute approximate surface area is 149 Å². The molecule has 1 saturated carbocycles. The summed E-state index contributed by atoms with van der Waals surface area (Å²) >= 11 is 5.90. The molecule has 1 aliphatic heterocycles. The molecule has 1 aliphatic carbocycles. The molecule has 24 heavy (non-hydrogen) atoms. The molecule has 5 heteroatoms. The number of rotatable bonds is 4. The summed E-state index contributed by atoms with van der Waals surface area (Å²) in [5.74, 6) is 0.728. The first-order valence-electron chi connectivity index (χ1n) is 8.94. The lowest BCUT2D eigenvalue weighted by molar-refractivity contribution is -0.147. The molecule has 1 amide bonds. The summed E-state index contributed by atoms with van der Waals surface area (Å²) in [5.41, 5.74) is -0.872. The fourth-order valence-electron chi connectivity index (χ4n) is 3.78. The van der Waals surface area contributed by atoms with E-state index in [9.17, 15) is 4.79 Å². The highest BCUT2D eigenvalue weighted by Crippen LogP contribution is 2.26. The molecule has 0 aromatic heterocycles. The van der Waals surface area contributed by atoms with Gasteiger partial charge in [-0.25, -0.2) is 0 Å². The van der Waals surface area contributed by atoms with E-state index in [4.69, 9.17) is 16.3 Å². The van der Waals surface area contributed by atoms with Crippen LogP contribution in [0.4, 0.5) is 0 Å². The first kappa shape index (κ1) is 17.6. The number of hydrogen-bond acceptors (Lipinski definition) is 3. The van der Waals surface area contributed by atoms with E-state index in [0.29, 0.717) is 10.8 Å². The van der Waals surface area contributed by atoms with Crippen LogP contribution in [0, 0.1) is 0 Å². The summed E-state index contributed by atoms with van der Waals surface area (Å²) in [4.78, 5) is 17.4. The molecule has 0 spiro atoms. The lowest BCUT2D eigenvalue weighted by Gasteiger charge is -2.40. The van der Waals surface area contributed by atoms with E-state index in [2.05, 4.69) is 4.90 Å². The minimum absolute atomic E-state index is 0.0588. The molecule has 0 unspecified atom stereocenters. The van der Waals surface area contributed by atoms with Crippen LogP contribution < -0.4 is 4.74 Å². The Morgan fingerprint density at radius 2 is 1.67 bits per heavy atom. The monoisotopic (exact) mass is 350 g/mol. The van der Waals surface area contributed by atoms with Gasteiger partial charge in [-0.15, -0.1) is 0 Å². The molecule has 3 rings (SSSR count). The van der Waals surface area contributed by atoms with E-state index in [1.54, 1.807) is 24.3 Å². The van der Waals surface area contributed by atoms with Gasteiger partial charge in [-0.3, -0.25) is 9.69 Å². The predicted octanol–water partition coefficient (Wildman–Crippen LogP) is 3.58. The topological polar surface area (TPSA) is 32.8 Å². The Morgan fingerprint density at radius 1 is 1.08 bits per heavy atom. The molecule has 0 radical (unpaired) electrons. The molecule has 1 aromatic carbocycles.